The molecule has 130 valence electrons. The minimum Gasteiger partial charge on any atom is -0.356 e. The summed E-state index contributed by atoms with van der Waals surface area (Å²) in [6, 6.07) is 16.6. The molecule has 26 heavy (non-hydrogen) atoms. The van der Waals surface area contributed by atoms with Crippen molar-refractivity contribution < 1.29 is 9.59 Å². The van der Waals surface area contributed by atoms with Crippen molar-refractivity contribution in [2.75, 3.05) is 4.90 Å². The van der Waals surface area contributed by atoms with Gasteiger partial charge in [0.1, 0.15) is 6.04 Å². The van der Waals surface area contributed by atoms with E-state index in [2.05, 4.69) is 11.1 Å². The van der Waals surface area contributed by atoms with Crippen molar-refractivity contribution in [3.8, 4) is 0 Å². The summed E-state index contributed by atoms with van der Waals surface area (Å²) in [4.78, 5) is 32.9. The number of para-hydroxylation sites is 2. The van der Waals surface area contributed by atoms with Crippen LogP contribution in [0, 0.1) is 0 Å². The summed E-state index contributed by atoms with van der Waals surface area (Å²) in [7, 11) is 0. The average Bonchev–Trinajstić information content (AvgIpc) is 3.13. The number of nitrogens with zero attached hydrogens (tertiary/aromatic N) is 2. The summed E-state index contributed by atoms with van der Waals surface area (Å²) in [5.74, 6) is -0.148. The lowest BCUT2D eigenvalue weighted by atomic mass is 9.85. The van der Waals surface area contributed by atoms with Gasteiger partial charge in [0.2, 0.25) is 0 Å². The molecule has 1 fully saturated rings. The van der Waals surface area contributed by atoms with E-state index in [0.717, 1.165) is 22.2 Å². The van der Waals surface area contributed by atoms with Crippen LogP contribution in [0.2, 0.25) is 0 Å². The fraction of sp³-hybridized carbons (Fsp3) is 0.238. The lowest BCUT2D eigenvalue weighted by Gasteiger charge is -2.42. The number of aromatic nitrogens is 1. The van der Waals surface area contributed by atoms with E-state index < -0.39 is 11.6 Å². The molecule has 0 saturated carbocycles. The first kappa shape index (κ1) is 15.2. The maximum absolute atomic E-state index is 13.2. The summed E-state index contributed by atoms with van der Waals surface area (Å²) in [6.45, 7) is 4.01. The van der Waals surface area contributed by atoms with Crippen molar-refractivity contribution in [3.63, 3.8) is 0 Å². The standard InChI is InChI=1S/C21H19N3O2/c1-21(2)18-15(14-10-6-7-11-16(14)22-18)12-17-19(25)23(20(26)24(17)21)13-8-4-3-5-9-13/h3-11,17,22H,12H2,1-2H3. The second-order valence-corrected chi connectivity index (χ2v) is 7.46. The molecule has 2 aromatic carbocycles. The molecule has 5 nitrogen and oxygen atoms in total. The van der Waals surface area contributed by atoms with Crippen LogP contribution in [0.3, 0.4) is 0 Å². The Balaban J connectivity index is 1.67. The molecular weight excluding hydrogens is 326 g/mol. The molecule has 0 spiro atoms. The predicted octanol–water partition coefficient (Wildman–Crippen LogP) is 3.80. The molecule has 2 aliphatic heterocycles. The number of aromatic amines is 1. The summed E-state index contributed by atoms with van der Waals surface area (Å²) in [5.41, 5.74) is 3.25. The van der Waals surface area contributed by atoms with Crippen molar-refractivity contribution in [3.05, 3.63) is 65.9 Å². The first-order valence-corrected chi connectivity index (χ1v) is 8.82. The molecule has 0 bridgehead atoms. The number of hydrogen-bond acceptors (Lipinski definition) is 2. The van der Waals surface area contributed by atoms with Gasteiger partial charge in [-0.2, -0.15) is 0 Å². The molecule has 1 atom stereocenters. The average molecular weight is 345 g/mol. The first-order chi connectivity index (χ1) is 12.5. The van der Waals surface area contributed by atoms with Gasteiger partial charge in [0, 0.05) is 23.0 Å². The number of fused-ring (bicyclic) bond motifs is 4. The quantitative estimate of drug-likeness (QED) is 0.682. The van der Waals surface area contributed by atoms with Crippen LogP contribution in [-0.4, -0.2) is 27.9 Å². The van der Waals surface area contributed by atoms with E-state index in [1.165, 1.54) is 4.90 Å². The SMILES string of the molecule is CC1(C)c2[nH]c3ccccc3c2CC2C(=O)N(c3ccccc3)C(=O)N21. The summed E-state index contributed by atoms with van der Waals surface area (Å²) < 4.78 is 0. The Morgan fingerprint density at radius 2 is 1.69 bits per heavy atom. The second-order valence-electron chi connectivity index (χ2n) is 7.46. The third-order valence-corrected chi connectivity index (χ3v) is 5.65. The fourth-order valence-corrected chi connectivity index (χ4v) is 4.46. The molecule has 0 radical (unpaired) electrons. The van der Waals surface area contributed by atoms with E-state index in [1.807, 2.05) is 50.2 Å². The number of carbonyl (C=O) groups excluding carboxylic acids is 2. The van der Waals surface area contributed by atoms with Gasteiger partial charge in [-0.15, -0.1) is 0 Å². The van der Waals surface area contributed by atoms with Crippen molar-refractivity contribution in [2.45, 2.75) is 31.8 Å². The smallest absolute Gasteiger partial charge is 0.332 e. The molecule has 5 rings (SSSR count). The van der Waals surface area contributed by atoms with Gasteiger partial charge in [-0.25, -0.2) is 9.69 Å². The van der Waals surface area contributed by atoms with Crippen LogP contribution >= 0.6 is 0 Å². The number of imide groups is 1. The van der Waals surface area contributed by atoms with Crippen molar-refractivity contribution in [1.82, 2.24) is 9.88 Å². The molecule has 1 saturated heterocycles. The molecule has 0 aliphatic carbocycles. The Morgan fingerprint density at radius 1 is 1.00 bits per heavy atom. The zero-order chi connectivity index (χ0) is 18.1. The molecule has 2 aliphatic rings. The van der Waals surface area contributed by atoms with E-state index in [1.54, 1.807) is 17.0 Å². The number of nitrogens with one attached hydrogen (secondary N) is 1. The van der Waals surface area contributed by atoms with E-state index in [4.69, 9.17) is 0 Å². The fourth-order valence-electron chi connectivity index (χ4n) is 4.46. The molecule has 3 aromatic rings. The Hall–Kier alpha value is -3.08. The minimum absolute atomic E-state index is 0.148. The molecule has 3 heterocycles. The number of rotatable bonds is 1. The lowest BCUT2D eigenvalue weighted by Crippen LogP contribution is -2.52. The molecule has 3 amide bonds. The van der Waals surface area contributed by atoms with Crippen molar-refractivity contribution in [2.24, 2.45) is 0 Å². The number of anilines is 1. The van der Waals surface area contributed by atoms with Crippen LogP contribution in [0.15, 0.2) is 54.6 Å². The molecular formula is C21H19N3O2. The normalized spacial score (nSPS) is 21.2. The van der Waals surface area contributed by atoms with E-state index in [0.29, 0.717) is 12.1 Å². The zero-order valence-electron chi connectivity index (χ0n) is 14.7. The molecule has 1 unspecified atom stereocenters. The Kier molecular flexibility index (Phi) is 2.91. The van der Waals surface area contributed by atoms with Gasteiger partial charge in [-0.1, -0.05) is 36.4 Å². The van der Waals surface area contributed by atoms with Gasteiger partial charge in [0.05, 0.1) is 11.2 Å². The maximum Gasteiger partial charge on any atom is 0.332 e. The van der Waals surface area contributed by atoms with Gasteiger partial charge in [-0.05, 0) is 37.6 Å². The number of hydrogen-bond donors (Lipinski definition) is 1. The highest BCUT2D eigenvalue weighted by Crippen LogP contribution is 2.44. The summed E-state index contributed by atoms with van der Waals surface area (Å²) in [6.07, 6.45) is 0.538. The third-order valence-electron chi connectivity index (χ3n) is 5.65. The van der Waals surface area contributed by atoms with Crippen LogP contribution in [0.4, 0.5) is 10.5 Å². The van der Waals surface area contributed by atoms with E-state index in [-0.39, 0.29) is 11.9 Å². The molecule has 1 aromatic heterocycles. The summed E-state index contributed by atoms with van der Waals surface area (Å²) in [5, 5.41) is 1.13. The first-order valence-electron chi connectivity index (χ1n) is 8.82. The molecule has 5 heteroatoms. The largest absolute Gasteiger partial charge is 0.356 e. The third kappa shape index (κ3) is 1.80. The highest BCUT2D eigenvalue weighted by atomic mass is 16.2. The van der Waals surface area contributed by atoms with Gasteiger partial charge in [0.15, 0.2) is 0 Å². The highest BCUT2D eigenvalue weighted by Gasteiger charge is 2.55. The Bertz CT molecular complexity index is 1050. The van der Waals surface area contributed by atoms with Crippen LogP contribution in [0.5, 0.6) is 0 Å². The van der Waals surface area contributed by atoms with Crippen molar-refractivity contribution >= 4 is 28.5 Å². The van der Waals surface area contributed by atoms with Crippen LogP contribution in [0.1, 0.15) is 25.1 Å². The second kappa shape index (κ2) is 4.97. The highest BCUT2D eigenvalue weighted by molar-refractivity contribution is 6.22. The van der Waals surface area contributed by atoms with Crippen LogP contribution in [0.25, 0.3) is 10.9 Å². The van der Waals surface area contributed by atoms with Crippen LogP contribution in [-0.2, 0) is 16.8 Å². The van der Waals surface area contributed by atoms with Crippen LogP contribution < -0.4 is 4.90 Å². The summed E-state index contributed by atoms with van der Waals surface area (Å²) >= 11 is 0. The topological polar surface area (TPSA) is 56.4 Å². The minimum atomic E-state index is -0.590. The lowest BCUT2D eigenvalue weighted by molar-refractivity contribution is -0.121. The van der Waals surface area contributed by atoms with E-state index >= 15 is 0 Å². The van der Waals surface area contributed by atoms with Gasteiger partial charge < -0.3 is 9.88 Å². The monoisotopic (exact) mass is 345 g/mol. The van der Waals surface area contributed by atoms with Gasteiger partial charge in [-0.3, -0.25) is 4.79 Å². The van der Waals surface area contributed by atoms with Gasteiger partial charge >= 0.3 is 6.03 Å². The number of carbonyl (C=O) groups is 2. The zero-order valence-corrected chi connectivity index (χ0v) is 14.7. The Labute approximate surface area is 151 Å². The number of urea groups is 1. The maximum atomic E-state index is 13.2. The molecule has 1 N–H and O–H groups in total. The Morgan fingerprint density at radius 3 is 2.46 bits per heavy atom. The predicted molar refractivity (Wildman–Crippen MR) is 100.0 cm³/mol. The van der Waals surface area contributed by atoms with E-state index in [9.17, 15) is 9.59 Å². The number of H-pyrrole nitrogens is 1. The number of benzene rings is 2. The van der Waals surface area contributed by atoms with Gasteiger partial charge in [0.25, 0.3) is 5.91 Å². The van der Waals surface area contributed by atoms with Crippen molar-refractivity contribution in [1.29, 1.82) is 0 Å². The number of amides is 3.